The Hall–Kier alpha value is -5.83. The summed E-state index contributed by atoms with van der Waals surface area (Å²) in [4.78, 5) is 143. The molecule has 586 valence electrons. The summed E-state index contributed by atoms with van der Waals surface area (Å²) >= 11 is 0. The van der Waals surface area contributed by atoms with Crippen molar-refractivity contribution < 1.29 is 107 Å². The van der Waals surface area contributed by atoms with E-state index in [-0.39, 0.29) is 51.2 Å². The van der Waals surface area contributed by atoms with E-state index in [0.29, 0.717) is 19.3 Å². The number of ether oxygens (including phenoxy) is 5. The number of ketones is 1. The number of carboxylic acids is 6. The molecule has 0 aliphatic rings. The molecular weight excluding hydrogens is 1310 g/mol. The smallest absolute Gasteiger partial charge is 0.317 e. The topological polar surface area (TPSA) is 368 Å². The lowest BCUT2D eigenvalue weighted by molar-refractivity contribution is -0.188. The Morgan fingerprint density at radius 1 is 0.307 bits per heavy atom. The van der Waals surface area contributed by atoms with Crippen molar-refractivity contribution in [2.45, 2.75) is 309 Å². The second-order valence-corrected chi connectivity index (χ2v) is 27.5. The minimum atomic E-state index is -1.94. The molecule has 101 heavy (non-hydrogen) atoms. The molecule has 0 rings (SSSR count). The second kappa shape index (κ2) is 65.0. The number of hydrogen-bond donors (Lipinski definition) is 6. The molecule has 0 heterocycles. The summed E-state index contributed by atoms with van der Waals surface area (Å²) in [5.74, 6) is -12.5. The monoisotopic (exact) mass is 1440 g/mol. The van der Waals surface area contributed by atoms with E-state index in [4.69, 9.17) is 23.7 Å². The van der Waals surface area contributed by atoms with Gasteiger partial charge in [0.15, 0.2) is 11.4 Å². The number of aliphatic carboxylic acids is 6. The molecule has 0 fully saturated rings. The van der Waals surface area contributed by atoms with Crippen LogP contribution in [0.1, 0.15) is 297 Å². The van der Waals surface area contributed by atoms with Gasteiger partial charge in [-0.3, -0.25) is 72.3 Å². The molecule has 0 aromatic rings. The lowest BCUT2D eigenvalue weighted by Crippen LogP contribution is -2.52. The van der Waals surface area contributed by atoms with Crippen LogP contribution in [0.3, 0.4) is 0 Å². The molecular formula is C75H134N4O22. The van der Waals surface area contributed by atoms with Crippen LogP contribution in [0.25, 0.3) is 0 Å². The lowest BCUT2D eigenvalue weighted by Gasteiger charge is -2.34. The fraction of sp³-hybridized carbons (Fsp3) is 0.853. The van der Waals surface area contributed by atoms with Gasteiger partial charge < -0.3 is 54.3 Å². The number of carboxylic acid groups (broad SMARTS) is 6. The van der Waals surface area contributed by atoms with Crippen molar-refractivity contribution in [2.24, 2.45) is 0 Å². The van der Waals surface area contributed by atoms with E-state index in [0.717, 1.165) is 99.7 Å². The van der Waals surface area contributed by atoms with Crippen molar-refractivity contribution >= 4 is 65.5 Å². The fourth-order valence-corrected chi connectivity index (χ4v) is 11.9. The predicted octanol–water partition coefficient (Wildman–Crippen LogP) is 12.4. The van der Waals surface area contributed by atoms with Gasteiger partial charge in [-0.05, 0) is 19.3 Å². The van der Waals surface area contributed by atoms with Gasteiger partial charge >= 0.3 is 59.7 Å². The molecule has 0 aromatic carbocycles. The Morgan fingerprint density at radius 3 is 0.911 bits per heavy atom. The van der Waals surface area contributed by atoms with Crippen LogP contribution in [0.4, 0.5) is 0 Å². The van der Waals surface area contributed by atoms with Crippen molar-refractivity contribution in [3.8, 4) is 0 Å². The van der Waals surface area contributed by atoms with Gasteiger partial charge in [0, 0.05) is 52.0 Å². The Balaban J connectivity index is 6.65. The third-order valence-electron chi connectivity index (χ3n) is 17.8. The first-order chi connectivity index (χ1) is 48.5. The van der Waals surface area contributed by atoms with Crippen LogP contribution < -0.4 is 0 Å². The van der Waals surface area contributed by atoms with Crippen molar-refractivity contribution in [1.82, 2.24) is 19.6 Å². The van der Waals surface area contributed by atoms with E-state index < -0.39 is 157 Å². The van der Waals surface area contributed by atoms with E-state index in [9.17, 15) is 83.4 Å². The molecule has 6 N–H and O–H groups in total. The summed E-state index contributed by atoms with van der Waals surface area (Å²) in [7, 11) is 0. The van der Waals surface area contributed by atoms with Crippen molar-refractivity contribution in [1.29, 1.82) is 0 Å². The van der Waals surface area contributed by atoms with E-state index in [2.05, 4.69) is 20.8 Å². The molecule has 26 heteroatoms. The summed E-state index contributed by atoms with van der Waals surface area (Å²) in [6.07, 6.45) is 42.3. The molecule has 0 radical (unpaired) electrons. The average molecular weight is 1440 g/mol. The highest BCUT2D eigenvalue weighted by molar-refractivity contribution is 5.91. The highest BCUT2D eigenvalue weighted by atomic mass is 16.6. The minimum absolute atomic E-state index is 0.0517. The zero-order chi connectivity index (χ0) is 75.0. The van der Waals surface area contributed by atoms with E-state index in [1.165, 1.54) is 151 Å². The maximum absolute atomic E-state index is 13.7. The normalized spacial score (nSPS) is 11.9. The maximum Gasteiger partial charge on any atom is 0.317 e. The Labute approximate surface area is 603 Å². The third-order valence-corrected chi connectivity index (χ3v) is 17.8. The van der Waals surface area contributed by atoms with Gasteiger partial charge in [-0.25, -0.2) is 0 Å². The van der Waals surface area contributed by atoms with Gasteiger partial charge in [-0.1, -0.05) is 252 Å². The highest BCUT2D eigenvalue weighted by Gasteiger charge is 2.39. The van der Waals surface area contributed by atoms with Crippen molar-refractivity contribution in [2.75, 3.05) is 105 Å². The van der Waals surface area contributed by atoms with Gasteiger partial charge in [0.25, 0.3) is 0 Å². The Morgan fingerprint density at radius 2 is 0.574 bits per heavy atom. The zero-order valence-corrected chi connectivity index (χ0v) is 62.3. The largest absolute Gasteiger partial charge is 0.480 e. The molecule has 0 aromatic heterocycles. The lowest BCUT2D eigenvalue weighted by atomic mass is 10.0. The number of esters is 4. The molecule has 0 amide bonds. The Kier molecular flexibility index (Phi) is 61.2. The first-order valence-electron chi connectivity index (χ1n) is 38.5. The van der Waals surface area contributed by atoms with Gasteiger partial charge in [0.2, 0.25) is 0 Å². The summed E-state index contributed by atoms with van der Waals surface area (Å²) in [6, 6.07) is -1.40. The first-order valence-corrected chi connectivity index (χ1v) is 38.5. The summed E-state index contributed by atoms with van der Waals surface area (Å²) in [5, 5.41) is 57.9. The SMILES string of the molecule is CCCCCCCCCCCCCCCC(=O)COC(COC(=O)CCCCCCCCCCCCCCC)(COC(=O)CCCCCCCCCCCCCCC)COC(=O)CC(=O)OCC(CN(CCN(CCN(CC(=O)O)CC(=O)O)CC(=O)O)CC(=O)O)N(CC(=O)O)CC(=O)O. The molecule has 26 nitrogen and oxygen atoms in total. The second-order valence-electron chi connectivity index (χ2n) is 27.5. The number of rotatable bonds is 76. The molecule has 0 saturated carbocycles. The number of nitrogens with zero attached hydrogens (tertiary/aromatic N) is 4. The molecule has 0 aliphatic carbocycles. The number of unbranched alkanes of at least 4 members (excludes halogenated alkanes) is 36. The van der Waals surface area contributed by atoms with Crippen LogP contribution in [0.2, 0.25) is 0 Å². The van der Waals surface area contributed by atoms with Gasteiger partial charge in [0.05, 0.1) is 45.3 Å². The molecule has 1 atom stereocenters. The average Bonchev–Trinajstić information content (AvgIpc) is 0.862. The van der Waals surface area contributed by atoms with E-state index >= 15 is 0 Å². The van der Waals surface area contributed by atoms with Crippen LogP contribution in [0, 0.1) is 0 Å². The van der Waals surface area contributed by atoms with Crippen LogP contribution >= 0.6 is 0 Å². The molecule has 0 spiro atoms. The first kappa shape index (κ1) is 95.2. The highest BCUT2D eigenvalue weighted by Crippen LogP contribution is 2.21. The van der Waals surface area contributed by atoms with E-state index in [1.54, 1.807) is 0 Å². The molecule has 0 saturated heterocycles. The quantitative estimate of drug-likeness (QED) is 0.0143. The van der Waals surface area contributed by atoms with Crippen LogP contribution in [0.5, 0.6) is 0 Å². The van der Waals surface area contributed by atoms with Crippen LogP contribution in [-0.2, 0) is 76.4 Å². The molecule has 0 bridgehead atoms. The number of hydrogen-bond acceptors (Lipinski definition) is 20. The van der Waals surface area contributed by atoms with Gasteiger partial charge in [-0.15, -0.1) is 0 Å². The standard InChI is InChI=1S/C75H134N4O22/c1-4-7-10-13-16-19-22-25-28-31-34-37-40-43-64(80)59-101-75(60-98-71(93)44-41-38-35-32-29-26-23-20-17-14-11-8-5-2,61-99-72(94)45-42-39-36-33-30-27-24-21-18-15-12-9-6-3)62-100-74(96)50-73(95)97-58-63(79(56-69(89)90)57-70(91)92)51-77(53-66(83)84)48-46-76(52-65(81)82)47-49-78(54-67(85)86)55-68(87)88/h63H,4-62H2,1-3H3,(H,81,82)(H,83,84)(H,85,86)(H,87,88)(H,89,90)(H,91,92). The van der Waals surface area contributed by atoms with Crippen molar-refractivity contribution in [3.05, 3.63) is 0 Å². The molecule has 0 aliphatic heterocycles. The summed E-state index contributed by atoms with van der Waals surface area (Å²) in [5.41, 5.74) is -1.94. The Bertz CT molecular complexity index is 2100. The van der Waals surface area contributed by atoms with Crippen molar-refractivity contribution in [3.63, 3.8) is 0 Å². The predicted molar refractivity (Wildman–Crippen MR) is 384 cm³/mol. The fourth-order valence-electron chi connectivity index (χ4n) is 11.9. The summed E-state index contributed by atoms with van der Waals surface area (Å²) in [6.45, 7) is -2.92. The number of carbonyl (C=O) groups excluding carboxylic acids is 5. The number of Topliss-reactive ketones (excluding diaryl/α,β-unsaturated/α-hetero) is 1. The van der Waals surface area contributed by atoms with Gasteiger partial charge in [-0.2, -0.15) is 0 Å². The van der Waals surface area contributed by atoms with E-state index in [1.807, 2.05) is 0 Å². The van der Waals surface area contributed by atoms with Gasteiger partial charge in [0.1, 0.15) is 39.5 Å². The summed E-state index contributed by atoms with van der Waals surface area (Å²) < 4.78 is 29.0. The number of carbonyl (C=O) groups is 11. The van der Waals surface area contributed by atoms with Crippen LogP contribution in [0.15, 0.2) is 0 Å². The minimum Gasteiger partial charge on any atom is -0.480 e. The zero-order valence-electron chi connectivity index (χ0n) is 62.3. The third kappa shape index (κ3) is 61.4. The maximum atomic E-state index is 13.7. The molecule has 1 unspecified atom stereocenters. The van der Waals surface area contributed by atoms with Crippen LogP contribution in [-0.4, -0.2) is 232 Å².